The Labute approximate surface area is 265 Å². The third-order valence-corrected chi connectivity index (χ3v) is 7.86. The van der Waals surface area contributed by atoms with Crippen LogP contribution in [0.5, 0.6) is 5.75 Å². The Kier molecular flexibility index (Phi) is 10.2. The molecular weight excluding hydrogens is 562 g/mol. The zero-order valence-corrected chi connectivity index (χ0v) is 26.0. The van der Waals surface area contributed by atoms with Crippen LogP contribution in [-0.4, -0.2) is 31.3 Å². The number of aryl methyl sites for hydroxylation is 3. The summed E-state index contributed by atoms with van der Waals surface area (Å²) in [5.41, 5.74) is 9.90. The quantitative estimate of drug-likeness (QED) is 0.120. The molecule has 1 unspecified atom stereocenters. The van der Waals surface area contributed by atoms with Gasteiger partial charge >= 0.3 is 11.9 Å². The van der Waals surface area contributed by atoms with Gasteiger partial charge in [-0.25, -0.2) is 9.59 Å². The van der Waals surface area contributed by atoms with Gasteiger partial charge in [-0.3, -0.25) is 0 Å². The van der Waals surface area contributed by atoms with Crippen molar-refractivity contribution in [2.75, 3.05) is 18.1 Å². The number of carbonyl (C=O) groups excluding carboxylic acids is 2. The minimum absolute atomic E-state index is 0.00815. The number of fused-ring (bicyclic) bond motifs is 1. The van der Waals surface area contributed by atoms with Crippen LogP contribution in [0.25, 0.3) is 11.1 Å². The van der Waals surface area contributed by atoms with E-state index in [0.29, 0.717) is 5.75 Å². The Hall–Kier alpha value is -5.10. The summed E-state index contributed by atoms with van der Waals surface area (Å²) < 4.78 is 16.3. The molecule has 0 saturated heterocycles. The zero-order valence-electron chi connectivity index (χ0n) is 26.0. The molecule has 45 heavy (non-hydrogen) atoms. The monoisotopic (exact) mass is 601 g/mol. The molecule has 230 valence electrons. The third-order valence-electron chi connectivity index (χ3n) is 7.86. The van der Waals surface area contributed by atoms with Gasteiger partial charge in [0.2, 0.25) is 0 Å². The third kappa shape index (κ3) is 7.90. The number of ether oxygens (including phenoxy) is 3. The standard InChI is InChI=1S/C39H39NO5/c1-5-38(41)45-36(26-44-39(42)27(2)3)25-43-35-20-16-30(17-21-35)32-18-22-37(28(4)23-32)40(33-13-7-6-8-14-33)34-19-15-29-11-9-10-12-31(29)24-34/h5-8,13-24,36H,1-2,9-12,25-26H2,3-4H3. The Morgan fingerprint density at radius 2 is 1.56 bits per heavy atom. The predicted molar refractivity (Wildman–Crippen MR) is 179 cm³/mol. The molecule has 0 N–H and O–H groups in total. The number of nitrogens with zero attached hydrogens (tertiary/aromatic N) is 1. The maximum absolute atomic E-state index is 11.8. The van der Waals surface area contributed by atoms with Gasteiger partial charge in [0.25, 0.3) is 0 Å². The lowest BCUT2D eigenvalue weighted by Crippen LogP contribution is -2.30. The van der Waals surface area contributed by atoms with Crippen LogP contribution in [-0.2, 0) is 31.9 Å². The molecule has 0 spiro atoms. The highest BCUT2D eigenvalue weighted by Crippen LogP contribution is 2.39. The van der Waals surface area contributed by atoms with Crippen LogP contribution in [0, 0.1) is 6.92 Å². The fourth-order valence-corrected chi connectivity index (χ4v) is 5.50. The van der Waals surface area contributed by atoms with Crippen LogP contribution < -0.4 is 9.64 Å². The van der Waals surface area contributed by atoms with E-state index >= 15 is 0 Å². The molecular formula is C39H39NO5. The van der Waals surface area contributed by atoms with Gasteiger partial charge in [0.1, 0.15) is 19.0 Å². The number of benzene rings is 4. The summed E-state index contributed by atoms with van der Waals surface area (Å²) in [6.45, 7) is 10.5. The molecule has 0 amide bonds. The van der Waals surface area contributed by atoms with Crippen molar-refractivity contribution in [2.45, 2.75) is 45.6 Å². The van der Waals surface area contributed by atoms with E-state index in [1.54, 1.807) is 6.92 Å². The first-order valence-electron chi connectivity index (χ1n) is 15.3. The Morgan fingerprint density at radius 3 is 2.24 bits per heavy atom. The van der Waals surface area contributed by atoms with Crippen LogP contribution >= 0.6 is 0 Å². The molecule has 1 atom stereocenters. The molecule has 5 rings (SSSR count). The van der Waals surface area contributed by atoms with Gasteiger partial charge in [-0.15, -0.1) is 0 Å². The molecule has 1 aliphatic carbocycles. The van der Waals surface area contributed by atoms with Gasteiger partial charge in [-0.2, -0.15) is 0 Å². The highest BCUT2D eigenvalue weighted by atomic mass is 16.6. The second-order valence-electron chi connectivity index (χ2n) is 11.3. The molecule has 6 heteroatoms. The number of para-hydroxylation sites is 1. The lowest BCUT2D eigenvalue weighted by molar-refractivity contribution is -0.154. The first-order valence-corrected chi connectivity index (χ1v) is 15.3. The van der Waals surface area contributed by atoms with Gasteiger partial charge in [0.05, 0.1) is 0 Å². The number of anilines is 3. The minimum Gasteiger partial charge on any atom is -0.490 e. The van der Waals surface area contributed by atoms with Gasteiger partial charge in [-0.05, 0) is 116 Å². The molecule has 4 aromatic carbocycles. The summed E-state index contributed by atoms with van der Waals surface area (Å²) in [6.07, 6.45) is 5.06. The van der Waals surface area contributed by atoms with Crippen molar-refractivity contribution in [1.82, 2.24) is 0 Å². The SMILES string of the molecule is C=CC(=O)OC(COC(=O)C(=C)C)COc1ccc(-c2ccc(N(c3ccccc3)c3ccc4c(c3)CCCC4)c(C)c2)cc1. The van der Waals surface area contributed by atoms with Crippen molar-refractivity contribution in [3.8, 4) is 16.9 Å². The van der Waals surface area contributed by atoms with Crippen LogP contribution in [0.4, 0.5) is 17.1 Å². The number of hydrogen-bond donors (Lipinski definition) is 0. The zero-order chi connectivity index (χ0) is 31.8. The summed E-state index contributed by atoms with van der Waals surface area (Å²) in [7, 11) is 0. The summed E-state index contributed by atoms with van der Waals surface area (Å²) >= 11 is 0. The molecule has 0 saturated carbocycles. The highest BCUT2D eigenvalue weighted by Gasteiger charge is 2.19. The van der Waals surface area contributed by atoms with Crippen LogP contribution in [0.1, 0.15) is 36.5 Å². The van der Waals surface area contributed by atoms with E-state index in [9.17, 15) is 9.59 Å². The van der Waals surface area contributed by atoms with E-state index in [-0.39, 0.29) is 18.8 Å². The van der Waals surface area contributed by atoms with Gasteiger partial charge in [0.15, 0.2) is 6.10 Å². The summed E-state index contributed by atoms with van der Waals surface area (Å²) in [6, 6.07) is 31.7. The molecule has 0 radical (unpaired) electrons. The first kappa shape index (κ1) is 31.3. The lowest BCUT2D eigenvalue weighted by Gasteiger charge is -2.29. The van der Waals surface area contributed by atoms with Gasteiger partial charge in [0, 0.05) is 28.7 Å². The lowest BCUT2D eigenvalue weighted by atomic mass is 9.91. The second kappa shape index (κ2) is 14.6. The fourth-order valence-electron chi connectivity index (χ4n) is 5.50. The second-order valence-corrected chi connectivity index (χ2v) is 11.3. The number of carbonyl (C=O) groups is 2. The smallest absolute Gasteiger partial charge is 0.333 e. The Morgan fingerprint density at radius 1 is 0.844 bits per heavy atom. The van der Waals surface area contributed by atoms with E-state index < -0.39 is 18.0 Å². The van der Waals surface area contributed by atoms with Crippen molar-refractivity contribution in [3.63, 3.8) is 0 Å². The number of rotatable bonds is 12. The molecule has 0 fully saturated rings. The highest BCUT2D eigenvalue weighted by molar-refractivity contribution is 5.87. The first-order chi connectivity index (χ1) is 21.8. The van der Waals surface area contributed by atoms with E-state index in [1.165, 1.54) is 29.7 Å². The Bertz CT molecular complexity index is 1680. The van der Waals surface area contributed by atoms with Crippen LogP contribution in [0.15, 0.2) is 116 Å². The molecule has 6 nitrogen and oxygen atoms in total. The van der Waals surface area contributed by atoms with Crippen molar-refractivity contribution < 1.29 is 23.8 Å². The molecule has 1 aliphatic rings. The Balaban J connectivity index is 1.33. The molecule has 0 bridgehead atoms. The molecule has 0 aromatic heterocycles. The van der Waals surface area contributed by atoms with E-state index in [2.05, 4.69) is 85.6 Å². The van der Waals surface area contributed by atoms with E-state index in [4.69, 9.17) is 14.2 Å². The average Bonchev–Trinajstić information content (AvgIpc) is 3.07. The normalized spacial score (nSPS) is 12.8. The fraction of sp³-hybridized carbons (Fsp3) is 0.231. The predicted octanol–water partition coefficient (Wildman–Crippen LogP) is 8.61. The molecule has 4 aromatic rings. The minimum atomic E-state index is -0.795. The van der Waals surface area contributed by atoms with Crippen molar-refractivity contribution >= 4 is 29.0 Å². The van der Waals surface area contributed by atoms with Crippen LogP contribution in [0.2, 0.25) is 0 Å². The van der Waals surface area contributed by atoms with Gasteiger partial charge < -0.3 is 19.1 Å². The summed E-state index contributed by atoms with van der Waals surface area (Å²) in [4.78, 5) is 25.9. The average molecular weight is 602 g/mol. The van der Waals surface area contributed by atoms with Gasteiger partial charge in [-0.1, -0.05) is 55.6 Å². The number of hydrogen-bond acceptors (Lipinski definition) is 6. The van der Waals surface area contributed by atoms with E-state index in [0.717, 1.165) is 47.0 Å². The van der Waals surface area contributed by atoms with E-state index in [1.807, 2.05) is 30.3 Å². The number of esters is 2. The topological polar surface area (TPSA) is 65.1 Å². The van der Waals surface area contributed by atoms with Crippen LogP contribution in [0.3, 0.4) is 0 Å². The van der Waals surface area contributed by atoms with Crippen molar-refractivity contribution in [3.05, 3.63) is 132 Å². The molecule has 0 aliphatic heterocycles. The maximum atomic E-state index is 11.8. The maximum Gasteiger partial charge on any atom is 0.333 e. The largest absolute Gasteiger partial charge is 0.490 e. The van der Waals surface area contributed by atoms with Crippen molar-refractivity contribution in [1.29, 1.82) is 0 Å². The van der Waals surface area contributed by atoms with Crippen molar-refractivity contribution in [2.24, 2.45) is 0 Å². The summed E-state index contributed by atoms with van der Waals surface area (Å²) in [5.74, 6) is -0.586. The molecule has 0 heterocycles. The summed E-state index contributed by atoms with van der Waals surface area (Å²) in [5, 5.41) is 0.